The number of aromatic amines is 1. The van der Waals surface area contributed by atoms with Crippen molar-refractivity contribution in [3.8, 4) is 6.07 Å². The molecule has 2 atom stereocenters. The second-order valence-electron chi connectivity index (χ2n) is 7.28. The predicted octanol–water partition coefficient (Wildman–Crippen LogP) is 2.96. The molecule has 1 aromatic heterocycles. The summed E-state index contributed by atoms with van der Waals surface area (Å²) in [5, 5.41) is 9.02. The number of rotatable bonds is 6. The molecule has 30 heavy (non-hydrogen) atoms. The maximum Gasteiger partial charge on any atom is 0.337 e. The van der Waals surface area contributed by atoms with Crippen molar-refractivity contribution in [2.24, 2.45) is 0 Å². The number of H-pyrrole nitrogens is 1. The van der Waals surface area contributed by atoms with Crippen molar-refractivity contribution < 1.29 is 18.7 Å². The lowest BCUT2D eigenvalue weighted by atomic mass is 10.1. The maximum absolute atomic E-state index is 14.5. The lowest BCUT2D eigenvalue weighted by molar-refractivity contribution is 0.00864. The van der Waals surface area contributed by atoms with E-state index in [2.05, 4.69) is 16.0 Å². The third-order valence-electron chi connectivity index (χ3n) is 5.12. The number of esters is 1. The van der Waals surface area contributed by atoms with E-state index in [-0.39, 0.29) is 13.2 Å². The number of ether oxygens (including phenoxy) is 2. The number of benzene rings is 2. The Morgan fingerprint density at radius 1 is 1.33 bits per heavy atom. The van der Waals surface area contributed by atoms with E-state index in [0.717, 1.165) is 5.56 Å². The van der Waals surface area contributed by atoms with Gasteiger partial charge in [0.05, 0.1) is 35.3 Å². The Bertz CT molecular complexity index is 1110. The number of nitrogens with zero attached hydrogens (tertiary/aromatic N) is 3. The Morgan fingerprint density at radius 2 is 2.20 bits per heavy atom. The van der Waals surface area contributed by atoms with E-state index in [0.29, 0.717) is 41.1 Å². The summed E-state index contributed by atoms with van der Waals surface area (Å²) >= 11 is 0. The minimum Gasteiger partial charge on any atom is -0.465 e. The molecule has 1 fully saturated rings. The molecule has 4 rings (SSSR count). The molecular formula is C22H21FN4O3. The van der Waals surface area contributed by atoms with Gasteiger partial charge in [0.2, 0.25) is 0 Å². The Kier molecular flexibility index (Phi) is 5.74. The fourth-order valence-electron chi connectivity index (χ4n) is 3.65. The minimum atomic E-state index is -1.10. The van der Waals surface area contributed by atoms with Gasteiger partial charge in [0.25, 0.3) is 0 Å². The molecule has 0 bridgehead atoms. The molecule has 2 aromatic carbocycles. The molecule has 0 aliphatic carbocycles. The van der Waals surface area contributed by atoms with Crippen molar-refractivity contribution in [3.05, 3.63) is 65.0 Å². The second-order valence-corrected chi connectivity index (χ2v) is 7.28. The zero-order valence-corrected chi connectivity index (χ0v) is 16.5. The van der Waals surface area contributed by atoms with Gasteiger partial charge < -0.3 is 14.5 Å². The van der Waals surface area contributed by atoms with Crippen molar-refractivity contribution in [3.63, 3.8) is 0 Å². The van der Waals surface area contributed by atoms with Crippen LogP contribution < -0.4 is 0 Å². The first kappa shape index (κ1) is 20.0. The highest BCUT2D eigenvalue weighted by molar-refractivity contribution is 5.93. The molecular weight excluding hydrogens is 387 g/mol. The molecule has 8 heteroatoms. The van der Waals surface area contributed by atoms with E-state index >= 15 is 0 Å². The average Bonchev–Trinajstić information content (AvgIpc) is 3.33. The van der Waals surface area contributed by atoms with Crippen LogP contribution >= 0.6 is 0 Å². The summed E-state index contributed by atoms with van der Waals surface area (Å²) < 4.78 is 25.0. The van der Waals surface area contributed by atoms with Crippen LogP contribution in [-0.2, 0) is 22.6 Å². The second kappa shape index (κ2) is 8.61. The molecule has 3 aromatic rings. The lowest BCUT2D eigenvalue weighted by Crippen LogP contribution is -2.24. The van der Waals surface area contributed by atoms with E-state index in [9.17, 15) is 9.18 Å². The first-order chi connectivity index (χ1) is 14.6. The van der Waals surface area contributed by atoms with Gasteiger partial charge in [-0.05, 0) is 35.9 Å². The number of imidazole rings is 1. The minimum absolute atomic E-state index is 0.144. The van der Waals surface area contributed by atoms with Crippen LogP contribution in [0.3, 0.4) is 0 Å². The van der Waals surface area contributed by atoms with E-state index in [1.54, 1.807) is 24.3 Å². The first-order valence-electron chi connectivity index (χ1n) is 9.59. The number of hydrogen-bond donors (Lipinski definition) is 1. The van der Waals surface area contributed by atoms with Crippen LogP contribution in [0.5, 0.6) is 0 Å². The molecule has 0 amide bonds. The topological polar surface area (TPSA) is 91.2 Å². The summed E-state index contributed by atoms with van der Waals surface area (Å²) in [6.07, 6.45) is -1.65. The normalized spacial score (nSPS) is 19.1. The fraction of sp³-hybridized carbons (Fsp3) is 0.318. The third kappa shape index (κ3) is 4.32. The number of fused-ring (bicyclic) bond motifs is 1. The van der Waals surface area contributed by atoms with E-state index in [1.165, 1.54) is 7.11 Å². The zero-order chi connectivity index (χ0) is 21.1. The average molecular weight is 408 g/mol. The van der Waals surface area contributed by atoms with Crippen molar-refractivity contribution in [2.75, 3.05) is 20.2 Å². The van der Waals surface area contributed by atoms with Gasteiger partial charge in [0, 0.05) is 19.6 Å². The number of hydrogen-bond acceptors (Lipinski definition) is 6. The van der Waals surface area contributed by atoms with Gasteiger partial charge in [-0.1, -0.05) is 12.1 Å². The predicted molar refractivity (Wildman–Crippen MR) is 107 cm³/mol. The summed E-state index contributed by atoms with van der Waals surface area (Å²) in [4.78, 5) is 21.2. The van der Waals surface area contributed by atoms with Crippen LogP contribution in [0.15, 0.2) is 42.5 Å². The lowest BCUT2D eigenvalue weighted by Gasteiger charge is -2.15. The van der Waals surface area contributed by atoms with E-state index < -0.39 is 18.2 Å². The summed E-state index contributed by atoms with van der Waals surface area (Å²) in [6.45, 7) is 1.45. The molecule has 0 saturated carbocycles. The zero-order valence-electron chi connectivity index (χ0n) is 16.5. The van der Waals surface area contributed by atoms with Gasteiger partial charge in [-0.15, -0.1) is 0 Å². The highest BCUT2D eigenvalue weighted by atomic mass is 19.1. The Balaban J connectivity index is 1.36. The van der Waals surface area contributed by atoms with Gasteiger partial charge in [0.15, 0.2) is 0 Å². The maximum atomic E-state index is 14.5. The molecule has 0 radical (unpaired) electrons. The largest absolute Gasteiger partial charge is 0.465 e. The molecule has 1 saturated heterocycles. The van der Waals surface area contributed by atoms with Crippen molar-refractivity contribution in [1.82, 2.24) is 14.9 Å². The van der Waals surface area contributed by atoms with Crippen molar-refractivity contribution in [2.45, 2.75) is 25.4 Å². The van der Waals surface area contributed by atoms with Crippen LogP contribution in [-0.4, -0.2) is 53.3 Å². The van der Waals surface area contributed by atoms with Gasteiger partial charge in [0.1, 0.15) is 24.7 Å². The summed E-state index contributed by atoms with van der Waals surface area (Å²) in [5.74, 6) is 0.148. The number of nitriles is 1. The molecule has 154 valence electrons. The van der Waals surface area contributed by atoms with Gasteiger partial charge in [-0.25, -0.2) is 14.2 Å². The van der Waals surface area contributed by atoms with Gasteiger partial charge in [-0.3, -0.25) is 4.90 Å². The number of aromatic nitrogens is 2. The molecule has 2 unspecified atom stereocenters. The first-order valence-corrected chi connectivity index (χ1v) is 9.59. The SMILES string of the molecule is COC(=O)c1ccc2nc(COC3CN(Cc4cccc(C#N)c4)CC3F)[nH]c2c1. The number of carbonyl (C=O) groups excluding carboxylic acids is 1. The quantitative estimate of drug-likeness (QED) is 0.631. The molecule has 1 aliphatic rings. The van der Waals surface area contributed by atoms with Crippen LogP contribution in [0.4, 0.5) is 4.39 Å². The smallest absolute Gasteiger partial charge is 0.337 e. The number of halogens is 1. The summed E-state index contributed by atoms with van der Waals surface area (Å²) in [7, 11) is 1.33. The van der Waals surface area contributed by atoms with E-state index in [4.69, 9.17) is 14.7 Å². The van der Waals surface area contributed by atoms with Crippen LogP contribution in [0, 0.1) is 11.3 Å². The third-order valence-corrected chi connectivity index (χ3v) is 5.12. The Morgan fingerprint density at radius 3 is 3.00 bits per heavy atom. The summed E-state index contributed by atoms with van der Waals surface area (Å²) in [6, 6.07) is 14.5. The number of likely N-dealkylation sites (tertiary alicyclic amines) is 1. The molecule has 1 aliphatic heterocycles. The van der Waals surface area contributed by atoms with Crippen molar-refractivity contribution in [1.29, 1.82) is 5.26 Å². The Hall–Kier alpha value is -3.28. The molecule has 2 heterocycles. The van der Waals surface area contributed by atoms with Gasteiger partial charge in [-0.2, -0.15) is 5.26 Å². The number of nitrogens with one attached hydrogen (secondary N) is 1. The summed E-state index contributed by atoms with van der Waals surface area (Å²) in [5.41, 5.74) is 3.39. The van der Waals surface area contributed by atoms with Crippen LogP contribution in [0.25, 0.3) is 11.0 Å². The number of alkyl halides is 1. The highest BCUT2D eigenvalue weighted by Crippen LogP contribution is 2.21. The fourth-order valence-corrected chi connectivity index (χ4v) is 3.65. The van der Waals surface area contributed by atoms with Crippen molar-refractivity contribution >= 4 is 17.0 Å². The van der Waals surface area contributed by atoms with Crippen LogP contribution in [0.2, 0.25) is 0 Å². The molecule has 0 spiro atoms. The van der Waals surface area contributed by atoms with Crippen LogP contribution in [0.1, 0.15) is 27.3 Å². The number of methoxy groups -OCH3 is 1. The molecule has 7 nitrogen and oxygen atoms in total. The van der Waals surface area contributed by atoms with Gasteiger partial charge >= 0.3 is 5.97 Å². The Labute approximate surface area is 173 Å². The number of carbonyl (C=O) groups is 1. The standard InChI is InChI=1S/C22H21FN4O3/c1-29-22(28)16-5-6-18-19(8-16)26-21(25-18)13-30-20-12-27(11-17(20)23)10-15-4-2-3-14(7-15)9-24/h2-8,17,20H,10-13H2,1H3,(H,25,26). The highest BCUT2D eigenvalue weighted by Gasteiger charge is 2.33. The van der Waals surface area contributed by atoms with E-state index in [1.807, 2.05) is 23.1 Å². The molecule has 1 N–H and O–H groups in total. The monoisotopic (exact) mass is 408 g/mol.